The summed E-state index contributed by atoms with van der Waals surface area (Å²) in [5.41, 5.74) is 1.82. The molecule has 0 spiro atoms. The van der Waals surface area contributed by atoms with Crippen molar-refractivity contribution < 1.29 is 23.0 Å². The van der Waals surface area contributed by atoms with Crippen molar-refractivity contribution >= 4 is 11.0 Å². The van der Waals surface area contributed by atoms with Crippen molar-refractivity contribution in [3.05, 3.63) is 54.4 Å². The van der Waals surface area contributed by atoms with Crippen molar-refractivity contribution in [2.75, 3.05) is 19.6 Å². The quantitative estimate of drug-likeness (QED) is 0.189. The maximum absolute atomic E-state index is 13.6. The Bertz CT molecular complexity index is 1560. The molecular formula is C30H36F3N9O2. The smallest absolute Gasteiger partial charge is 0.433 e. The zero-order chi connectivity index (χ0) is 31.1. The van der Waals surface area contributed by atoms with Crippen LogP contribution in [0.5, 0.6) is 5.88 Å². The molecule has 0 aromatic carbocycles. The van der Waals surface area contributed by atoms with E-state index in [-0.39, 0.29) is 31.1 Å². The summed E-state index contributed by atoms with van der Waals surface area (Å²) in [6, 6.07) is 6.80. The molecule has 1 aliphatic heterocycles. The predicted molar refractivity (Wildman–Crippen MR) is 156 cm³/mol. The van der Waals surface area contributed by atoms with E-state index in [1.807, 2.05) is 23.1 Å². The summed E-state index contributed by atoms with van der Waals surface area (Å²) in [7, 11) is 0. The second kappa shape index (κ2) is 14.1. The van der Waals surface area contributed by atoms with Gasteiger partial charge >= 0.3 is 6.18 Å². The Hall–Kier alpha value is -4.06. The molecule has 2 atom stereocenters. The molecule has 1 fully saturated rings. The highest BCUT2D eigenvalue weighted by Gasteiger charge is 2.34. The maximum atomic E-state index is 13.6. The highest BCUT2D eigenvalue weighted by molar-refractivity contribution is 5.89. The molecule has 1 saturated heterocycles. The fourth-order valence-corrected chi connectivity index (χ4v) is 5.53. The average molecular weight is 612 g/mol. The van der Waals surface area contributed by atoms with E-state index in [1.54, 1.807) is 13.1 Å². The molecule has 0 unspecified atom stereocenters. The van der Waals surface area contributed by atoms with E-state index in [0.717, 1.165) is 41.2 Å². The number of aliphatic hydroxyl groups is 1. The third kappa shape index (κ3) is 8.10. The van der Waals surface area contributed by atoms with Crippen LogP contribution in [-0.2, 0) is 19.3 Å². The fourth-order valence-electron chi connectivity index (χ4n) is 5.53. The number of aromatic amines is 1. The second-order valence-corrected chi connectivity index (χ2v) is 11.1. The lowest BCUT2D eigenvalue weighted by atomic mass is 10.0. The number of nitrogens with one attached hydrogen (secondary N) is 2. The van der Waals surface area contributed by atoms with Crippen LogP contribution in [0.15, 0.2) is 43.1 Å². The number of likely N-dealkylation sites (tertiary alicyclic amines) is 1. The Labute approximate surface area is 253 Å². The van der Waals surface area contributed by atoms with E-state index >= 15 is 0 Å². The Morgan fingerprint density at radius 3 is 2.82 bits per heavy atom. The predicted octanol–water partition coefficient (Wildman–Crippen LogP) is 4.31. The number of nitrogens with zero attached hydrogens (tertiary/aromatic N) is 7. The number of rotatable bonds is 13. The number of nitriles is 1. The van der Waals surface area contributed by atoms with Crippen LogP contribution in [0.3, 0.4) is 0 Å². The lowest BCUT2D eigenvalue weighted by Gasteiger charge is -2.37. The van der Waals surface area contributed by atoms with Crippen molar-refractivity contribution in [3.8, 4) is 23.2 Å². The molecule has 4 aromatic heterocycles. The van der Waals surface area contributed by atoms with E-state index in [9.17, 15) is 18.3 Å². The fraction of sp³-hybridized carbons (Fsp3) is 0.500. The first-order valence-corrected chi connectivity index (χ1v) is 14.7. The molecule has 0 bridgehead atoms. The third-order valence-electron chi connectivity index (χ3n) is 7.69. The largest absolute Gasteiger partial charge is 0.474 e. The Kier molecular flexibility index (Phi) is 10.1. The number of alkyl halides is 3. The Balaban J connectivity index is 1.23. The van der Waals surface area contributed by atoms with E-state index in [2.05, 4.69) is 41.3 Å². The number of pyridine rings is 1. The van der Waals surface area contributed by atoms with Gasteiger partial charge in [-0.1, -0.05) is 0 Å². The van der Waals surface area contributed by atoms with Gasteiger partial charge in [0.2, 0.25) is 5.88 Å². The molecule has 0 aliphatic carbocycles. The van der Waals surface area contributed by atoms with Crippen LogP contribution in [0.4, 0.5) is 13.2 Å². The number of hydrogen-bond donors (Lipinski definition) is 3. The number of unbranched alkanes of at least 4 members (excludes halogenated alkanes) is 1. The zero-order valence-electron chi connectivity index (χ0n) is 24.5. The van der Waals surface area contributed by atoms with E-state index in [4.69, 9.17) is 10.00 Å². The van der Waals surface area contributed by atoms with Gasteiger partial charge in [-0.25, -0.2) is 15.0 Å². The van der Waals surface area contributed by atoms with Gasteiger partial charge in [-0.3, -0.25) is 9.58 Å². The first kappa shape index (κ1) is 31.4. The monoisotopic (exact) mass is 611 g/mol. The highest BCUT2D eigenvalue weighted by atomic mass is 19.4. The Morgan fingerprint density at radius 1 is 1.25 bits per heavy atom. The minimum Gasteiger partial charge on any atom is -0.474 e. The Morgan fingerprint density at radius 2 is 2.07 bits per heavy atom. The van der Waals surface area contributed by atoms with Gasteiger partial charge in [0.1, 0.15) is 23.8 Å². The first-order chi connectivity index (χ1) is 21.2. The SMILES string of the molecule is C[C@@H](O)CNCc1cc(OC2CCN([C@@H](CCCC#N)Cn3cc(-c4ncnc5[nH]ccc45)cn3)CC2)nc(C(F)(F)F)c1. The molecule has 1 aliphatic rings. The van der Waals surface area contributed by atoms with Crippen LogP contribution in [0, 0.1) is 11.3 Å². The molecule has 4 aromatic rings. The summed E-state index contributed by atoms with van der Waals surface area (Å²) in [6.45, 7) is 4.00. The topological polar surface area (TPSA) is 141 Å². The highest BCUT2D eigenvalue weighted by Crippen LogP contribution is 2.31. The van der Waals surface area contributed by atoms with Gasteiger partial charge < -0.3 is 20.1 Å². The van der Waals surface area contributed by atoms with Gasteiger partial charge in [0.15, 0.2) is 0 Å². The van der Waals surface area contributed by atoms with E-state index in [1.165, 1.54) is 12.4 Å². The molecule has 3 N–H and O–H groups in total. The number of halogens is 3. The average Bonchev–Trinajstić information content (AvgIpc) is 3.66. The van der Waals surface area contributed by atoms with Gasteiger partial charge in [0.05, 0.1) is 30.6 Å². The molecule has 234 valence electrons. The zero-order valence-corrected chi connectivity index (χ0v) is 24.5. The molecule has 44 heavy (non-hydrogen) atoms. The second-order valence-electron chi connectivity index (χ2n) is 11.1. The standard InChI is InChI=1S/C30H36F3N9O2/c1-20(43)14-35-15-21-12-26(30(31,32)33)40-27(13-21)44-24-6-10-41(11-7-24)23(4-2-3-8-34)18-42-17-22(16-39-42)28-25-5-9-36-29(25)38-19-37-28/h5,9,12-13,16-17,19-20,23-24,35,43H,2-4,6-7,10-11,14-15,18H2,1H3,(H,36,37,38)/t20-,23+/m1/s1. The molecule has 5 rings (SSSR count). The van der Waals surface area contributed by atoms with Crippen LogP contribution in [0.1, 0.15) is 50.3 Å². The molecule has 14 heteroatoms. The van der Waals surface area contributed by atoms with Crippen molar-refractivity contribution in [2.45, 2.75) is 76.5 Å². The van der Waals surface area contributed by atoms with Crippen LogP contribution < -0.4 is 10.1 Å². The minimum absolute atomic E-state index is 0.0528. The van der Waals surface area contributed by atoms with Crippen LogP contribution in [0.25, 0.3) is 22.3 Å². The minimum atomic E-state index is -4.61. The van der Waals surface area contributed by atoms with Crippen molar-refractivity contribution in [2.24, 2.45) is 0 Å². The van der Waals surface area contributed by atoms with Crippen LogP contribution in [0.2, 0.25) is 0 Å². The lowest BCUT2D eigenvalue weighted by molar-refractivity contribution is -0.141. The maximum Gasteiger partial charge on any atom is 0.433 e. The van der Waals surface area contributed by atoms with Gasteiger partial charge in [0.25, 0.3) is 0 Å². The molecular weight excluding hydrogens is 575 g/mol. The summed E-state index contributed by atoms with van der Waals surface area (Å²) < 4.78 is 48.6. The molecule has 11 nitrogen and oxygen atoms in total. The first-order valence-electron chi connectivity index (χ1n) is 14.7. The van der Waals surface area contributed by atoms with Gasteiger partial charge in [-0.15, -0.1) is 0 Å². The van der Waals surface area contributed by atoms with Crippen LogP contribution in [-0.4, -0.2) is 77.6 Å². The van der Waals surface area contributed by atoms with Crippen molar-refractivity contribution in [1.82, 2.24) is 39.9 Å². The molecule has 5 heterocycles. The lowest BCUT2D eigenvalue weighted by Crippen LogP contribution is -2.46. The molecule has 0 amide bonds. The summed E-state index contributed by atoms with van der Waals surface area (Å²) in [6.07, 6.45) is 4.87. The van der Waals surface area contributed by atoms with Crippen molar-refractivity contribution in [3.63, 3.8) is 0 Å². The van der Waals surface area contributed by atoms with Gasteiger partial charge in [0, 0.05) is 68.1 Å². The number of ether oxygens (including phenoxy) is 1. The summed E-state index contributed by atoms with van der Waals surface area (Å²) in [5, 5.41) is 27.0. The van der Waals surface area contributed by atoms with E-state index < -0.39 is 18.0 Å². The normalized spacial score (nSPS) is 16.2. The summed E-state index contributed by atoms with van der Waals surface area (Å²) in [4.78, 5) is 17.9. The summed E-state index contributed by atoms with van der Waals surface area (Å²) >= 11 is 0. The third-order valence-corrected chi connectivity index (χ3v) is 7.69. The molecule has 0 radical (unpaired) electrons. The van der Waals surface area contributed by atoms with Gasteiger partial charge in [-0.2, -0.15) is 23.5 Å². The van der Waals surface area contributed by atoms with Gasteiger partial charge in [-0.05, 0) is 50.3 Å². The number of aromatic nitrogens is 6. The van der Waals surface area contributed by atoms with Crippen LogP contribution >= 0.6 is 0 Å². The molecule has 0 saturated carbocycles. The number of H-pyrrole nitrogens is 1. The number of fused-ring (bicyclic) bond motifs is 1. The number of hydrogen-bond acceptors (Lipinski definition) is 9. The number of piperidine rings is 1. The van der Waals surface area contributed by atoms with Crippen molar-refractivity contribution in [1.29, 1.82) is 5.26 Å². The summed E-state index contributed by atoms with van der Waals surface area (Å²) in [5.74, 6) is -0.0528. The number of aliphatic hydroxyl groups excluding tert-OH is 1. The van der Waals surface area contributed by atoms with E-state index in [0.29, 0.717) is 44.5 Å².